The summed E-state index contributed by atoms with van der Waals surface area (Å²) in [5.41, 5.74) is 2.03. The third-order valence-corrected chi connectivity index (χ3v) is 5.07. The van der Waals surface area contributed by atoms with Crippen LogP contribution in [0.4, 0.5) is 16.6 Å². The largest absolute Gasteiger partial charge is 0.378 e. The van der Waals surface area contributed by atoms with Crippen LogP contribution in [0.5, 0.6) is 0 Å². The van der Waals surface area contributed by atoms with E-state index in [4.69, 9.17) is 4.74 Å². The summed E-state index contributed by atoms with van der Waals surface area (Å²) in [6.07, 6.45) is 3.68. The number of pyridine rings is 1. The van der Waals surface area contributed by atoms with E-state index in [0.29, 0.717) is 0 Å². The maximum absolute atomic E-state index is 5.37. The third-order valence-electron chi connectivity index (χ3n) is 3.51. The molecular weight excluding hydrogens is 330 g/mol. The molecule has 0 radical (unpaired) electrons. The molecule has 0 aliphatic carbocycles. The van der Waals surface area contributed by atoms with E-state index in [1.807, 2.05) is 23.0 Å². The highest BCUT2D eigenvalue weighted by Crippen LogP contribution is 2.28. The Hall–Kier alpha value is -2.03. The minimum atomic E-state index is 0.776. The van der Waals surface area contributed by atoms with Crippen LogP contribution in [0.2, 0.25) is 0 Å². The zero-order chi connectivity index (χ0) is 15.5. The molecule has 118 valence electrons. The van der Waals surface area contributed by atoms with Crippen molar-refractivity contribution in [2.75, 3.05) is 36.5 Å². The highest BCUT2D eigenvalue weighted by Gasteiger charge is 2.12. The lowest BCUT2D eigenvalue weighted by molar-refractivity contribution is 0.122. The van der Waals surface area contributed by atoms with Gasteiger partial charge < -0.3 is 15.0 Å². The number of morpholine rings is 1. The van der Waals surface area contributed by atoms with E-state index >= 15 is 0 Å². The highest BCUT2D eigenvalue weighted by molar-refractivity contribution is 7.15. The van der Waals surface area contributed by atoms with Crippen LogP contribution in [-0.2, 0) is 4.74 Å². The molecule has 1 aliphatic heterocycles. The van der Waals surface area contributed by atoms with Gasteiger partial charge in [0.2, 0.25) is 0 Å². The summed E-state index contributed by atoms with van der Waals surface area (Å²) in [7, 11) is 0. The van der Waals surface area contributed by atoms with Crippen molar-refractivity contribution in [1.29, 1.82) is 0 Å². The van der Waals surface area contributed by atoms with Gasteiger partial charge >= 0.3 is 0 Å². The van der Waals surface area contributed by atoms with Gasteiger partial charge in [-0.25, -0.2) is 15.0 Å². The van der Waals surface area contributed by atoms with Gasteiger partial charge in [0, 0.05) is 30.0 Å². The second-order valence-electron chi connectivity index (χ2n) is 5.00. The Balaban J connectivity index is 1.44. The van der Waals surface area contributed by atoms with Crippen molar-refractivity contribution in [1.82, 2.24) is 15.0 Å². The Morgan fingerprint density at radius 2 is 2.04 bits per heavy atom. The van der Waals surface area contributed by atoms with Gasteiger partial charge in [-0.05, 0) is 12.1 Å². The van der Waals surface area contributed by atoms with Crippen LogP contribution in [0, 0.1) is 0 Å². The molecule has 1 fully saturated rings. The SMILES string of the molecule is c1csc(-c2csc(Nc3ccc(N4CCOCC4)cn3)n2)n1. The smallest absolute Gasteiger partial charge is 0.188 e. The van der Waals surface area contributed by atoms with Crippen molar-refractivity contribution in [3.8, 4) is 10.7 Å². The Labute approximate surface area is 141 Å². The number of hydrogen-bond acceptors (Lipinski definition) is 8. The van der Waals surface area contributed by atoms with Crippen LogP contribution in [0.3, 0.4) is 0 Å². The quantitative estimate of drug-likeness (QED) is 0.783. The maximum atomic E-state index is 5.37. The molecule has 8 heteroatoms. The molecule has 0 unspecified atom stereocenters. The second-order valence-corrected chi connectivity index (χ2v) is 6.75. The van der Waals surface area contributed by atoms with E-state index in [1.165, 1.54) is 0 Å². The maximum Gasteiger partial charge on any atom is 0.188 e. The standard InChI is InChI=1S/C15H15N5OS2/c1-2-13(17-9-11(1)20-4-6-21-7-5-20)19-15-18-12(10-23-15)14-16-3-8-22-14/h1-3,8-10H,4-7H2,(H,17,18,19). The van der Waals surface area contributed by atoms with Gasteiger partial charge in [0.1, 0.15) is 16.5 Å². The first-order chi connectivity index (χ1) is 11.4. The number of aromatic nitrogens is 3. The topological polar surface area (TPSA) is 63.2 Å². The van der Waals surface area contributed by atoms with Crippen LogP contribution in [0.25, 0.3) is 10.7 Å². The van der Waals surface area contributed by atoms with E-state index < -0.39 is 0 Å². The van der Waals surface area contributed by atoms with Crippen molar-refractivity contribution in [2.24, 2.45) is 0 Å². The first-order valence-electron chi connectivity index (χ1n) is 7.30. The molecule has 0 amide bonds. The fraction of sp³-hybridized carbons (Fsp3) is 0.267. The molecule has 1 N–H and O–H groups in total. The lowest BCUT2D eigenvalue weighted by atomic mass is 10.3. The molecule has 0 atom stereocenters. The average molecular weight is 345 g/mol. The number of ether oxygens (including phenoxy) is 1. The molecule has 6 nitrogen and oxygen atoms in total. The van der Waals surface area contributed by atoms with E-state index in [-0.39, 0.29) is 0 Å². The number of thiazole rings is 2. The molecular formula is C15H15N5OS2. The lowest BCUT2D eigenvalue weighted by Crippen LogP contribution is -2.36. The molecule has 4 heterocycles. The van der Waals surface area contributed by atoms with Gasteiger partial charge in [0.25, 0.3) is 0 Å². The van der Waals surface area contributed by atoms with Gasteiger partial charge in [-0.1, -0.05) is 0 Å². The van der Waals surface area contributed by atoms with Gasteiger partial charge in [-0.2, -0.15) is 0 Å². The van der Waals surface area contributed by atoms with Crippen LogP contribution in [0.15, 0.2) is 35.3 Å². The van der Waals surface area contributed by atoms with E-state index in [2.05, 4.69) is 31.2 Å². The zero-order valence-corrected chi connectivity index (χ0v) is 13.9. The van der Waals surface area contributed by atoms with Crippen molar-refractivity contribution in [2.45, 2.75) is 0 Å². The summed E-state index contributed by atoms with van der Waals surface area (Å²) in [5.74, 6) is 0.794. The second kappa shape index (κ2) is 6.61. The summed E-state index contributed by atoms with van der Waals surface area (Å²) in [4.78, 5) is 15.6. The predicted molar refractivity (Wildman–Crippen MR) is 93.8 cm³/mol. The Morgan fingerprint density at radius 3 is 2.78 bits per heavy atom. The monoisotopic (exact) mass is 345 g/mol. The number of anilines is 3. The number of nitrogens with zero attached hydrogens (tertiary/aromatic N) is 4. The van der Waals surface area contributed by atoms with Crippen molar-refractivity contribution in [3.05, 3.63) is 35.3 Å². The van der Waals surface area contributed by atoms with Crippen LogP contribution < -0.4 is 10.2 Å². The molecule has 4 rings (SSSR count). The molecule has 1 aliphatic rings. The Bertz CT molecular complexity index is 751. The van der Waals surface area contributed by atoms with Gasteiger partial charge in [-0.3, -0.25) is 0 Å². The van der Waals surface area contributed by atoms with Crippen LogP contribution in [-0.4, -0.2) is 41.3 Å². The molecule has 3 aromatic rings. The summed E-state index contributed by atoms with van der Waals surface area (Å²) in [5, 5.41) is 8.96. The van der Waals surface area contributed by atoms with Crippen molar-refractivity contribution < 1.29 is 4.74 Å². The lowest BCUT2D eigenvalue weighted by Gasteiger charge is -2.28. The summed E-state index contributed by atoms with van der Waals surface area (Å²) >= 11 is 3.14. The summed E-state index contributed by atoms with van der Waals surface area (Å²) < 4.78 is 5.37. The highest BCUT2D eigenvalue weighted by atomic mass is 32.1. The van der Waals surface area contributed by atoms with E-state index in [0.717, 1.165) is 53.6 Å². The molecule has 23 heavy (non-hydrogen) atoms. The fourth-order valence-electron chi connectivity index (χ4n) is 2.36. The van der Waals surface area contributed by atoms with E-state index in [9.17, 15) is 0 Å². The number of hydrogen-bond donors (Lipinski definition) is 1. The Kier molecular flexibility index (Phi) is 4.18. The molecule has 0 bridgehead atoms. The molecule has 0 spiro atoms. The average Bonchev–Trinajstić information content (AvgIpc) is 3.28. The number of rotatable bonds is 4. The normalized spacial score (nSPS) is 14.9. The molecule has 3 aromatic heterocycles. The van der Waals surface area contributed by atoms with Crippen LogP contribution in [0.1, 0.15) is 0 Å². The van der Waals surface area contributed by atoms with Crippen molar-refractivity contribution >= 4 is 39.3 Å². The minimum absolute atomic E-state index is 0.776. The Morgan fingerprint density at radius 1 is 1.13 bits per heavy atom. The van der Waals surface area contributed by atoms with Gasteiger partial charge in [-0.15, -0.1) is 22.7 Å². The molecule has 1 saturated heterocycles. The van der Waals surface area contributed by atoms with Crippen molar-refractivity contribution in [3.63, 3.8) is 0 Å². The number of nitrogens with one attached hydrogen (secondary N) is 1. The zero-order valence-electron chi connectivity index (χ0n) is 12.3. The molecule has 0 saturated carbocycles. The van der Waals surface area contributed by atoms with Crippen LogP contribution >= 0.6 is 22.7 Å². The van der Waals surface area contributed by atoms with Gasteiger partial charge in [0.05, 0.1) is 25.1 Å². The summed E-state index contributed by atoms with van der Waals surface area (Å²) in [6.45, 7) is 3.38. The predicted octanol–water partition coefficient (Wildman–Crippen LogP) is 3.24. The summed E-state index contributed by atoms with van der Waals surface area (Å²) in [6, 6.07) is 4.06. The first kappa shape index (κ1) is 14.6. The first-order valence-corrected chi connectivity index (χ1v) is 9.05. The third kappa shape index (κ3) is 3.34. The van der Waals surface area contributed by atoms with E-state index in [1.54, 1.807) is 28.9 Å². The molecule has 0 aromatic carbocycles. The minimum Gasteiger partial charge on any atom is -0.378 e. The fourth-order valence-corrected chi connectivity index (χ4v) is 3.73. The van der Waals surface area contributed by atoms with Gasteiger partial charge in [0.15, 0.2) is 5.13 Å².